The fraction of sp³-hybridized carbons (Fsp3) is 0.250. The molecular formula is C8H11NO3. The molecule has 1 rings (SSSR count). The van der Waals surface area contributed by atoms with Crippen molar-refractivity contribution in [3.8, 4) is 17.2 Å². The van der Waals surface area contributed by atoms with Crippen LogP contribution in [0, 0.1) is 0 Å². The summed E-state index contributed by atoms with van der Waals surface area (Å²) in [4.78, 5) is 0. The van der Waals surface area contributed by atoms with E-state index in [0.717, 1.165) is 0 Å². The highest BCUT2D eigenvalue weighted by Gasteiger charge is 2.09. The number of nitrogens with two attached hydrogens (primary N) is 1. The molecule has 4 nitrogen and oxygen atoms in total. The normalized spacial score (nSPS) is 9.50. The third-order valence-corrected chi connectivity index (χ3v) is 1.48. The lowest BCUT2D eigenvalue weighted by Gasteiger charge is -2.09. The molecule has 0 bridgehead atoms. The van der Waals surface area contributed by atoms with E-state index in [9.17, 15) is 5.11 Å². The Morgan fingerprint density at radius 1 is 1.25 bits per heavy atom. The molecule has 0 saturated carbocycles. The zero-order chi connectivity index (χ0) is 9.14. The van der Waals surface area contributed by atoms with E-state index in [2.05, 4.69) is 0 Å². The minimum atomic E-state index is -0.0191. The van der Waals surface area contributed by atoms with E-state index in [-0.39, 0.29) is 5.75 Å². The summed E-state index contributed by atoms with van der Waals surface area (Å²) in [5.74, 6) is 0.705. The van der Waals surface area contributed by atoms with Crippen molar-refractivity contribution in [2.45, 2.75) is 0 Å². The van der Waals surface area contributed by atoms with Crippen molar-refractivity contribution in [2.24, 2.45) is 0 Å². The lowest BCUT2D eigenvalue weighted by atomic mass is 10.2. The molecule has 0 saturated heterocycles. The number of ether oxygens (including phenoxy) is 2. The quantitative estimate of drug-likeness (QED) is 0.648. The van der Waals surface area contributed by atoms with Crippen LogP contribution in [0.4, 0.5) is 5.69 Å². The molecule has 12 heavy (non-hydrogen) atoms. The number of methoxy groups -OCH3 is 2. The van der Waals surface area contributed by atoms with Crippen LogP contribution in [0.15, 0.2) is 12.1 Å². The Labute approximate surface area is 70.5 Å². The van der Waals surface area contributed by atoms with Gasteiger partial charge in [0.25, 0.3) is 0 Å². The Balaban J connectivity index is 3.24. The average molecular weight is 169 g/mol. The summed E-state index contributed by atoms with van der Waals surface area (Å²) in [6.07, 6.45) is 0. The van der Waals surface area contributed by atoms with Gasteiger partial charge in [-0.1, -0.05) is 0 Å². The van der Waals surface area contributed by atoms with Crippen molar-refractivity contribution in [3.05, 3.63) is 12.1 Å². The third kappa shape index (κ3) is 1.37. The van der Waals surface area contributed by atoms with Gasteiger partial charge in [-0.2, -0.15) is 0 Å². The zero-order valence-electron chi connectivity index (χ0n) is 7.00. The highest BCUT2D eigenvalue weighted by Crippen LogP contribution is 2.37. The molecule has 0 aromatic heterocycles. The highest BCUT2D eigenvalue weighted by molar-refractivity contribution is 5.59. The van der Waals surface area contributed by atoms with Crippen LogP contribution in [-0.2, 0) is 0 Å². The van der Waals surface area contributed by atoms with Crippen LogP contribution in [0.25, 0.3) is 0 Å². The summed E-state index contributed by atoms with van der Waals surface area (Å²) in [5, 5.41) is 9.32. The van der Waals surface area contributed by atoms with E-state index >= 15 is 0 Å². The molecule has 0 atom stereocenters. The van der Waals surface area contributed by atoms with Gasteiger partial charge in [0.1, 0.15) is 0 Å². The van der Waals surface area contributed by atoms with Crippen molar-refractivity contribution in [3.63, 3.8) is 0 Å². The van der Waals surface area contributed by atoms with Gasteiger partial charge in [0.15, 0.2) is 11.5 Å². The summed E-state index contributed by atoms with van der Waals surface area (Å²) in [6, 6.07) is 2.99. The number of benzene rings is 1. The van der Waals surface area contributed by atoms with Crippen LogP contribution >= 0.6 is 0 Å². The summed E-state index contributed by atoms with van der Waals surface area (Å²) >= 11 is 0. The molecule has 0 radical (unpaired) electrons. The van der Waals surface area contributed by atoms with Crippen LogP contribution in [0.5, 0.6) is 17.2 Å². The number of phenolic OH excluding ortho intramolecular Hbond substituents is 1. The van der Waals surface area contributed by atoms with Gasteiger partial charge in [0, 0.05) is 17.8 Å². The van der Waals surface area contributed by atoms with Gasteiger partial charge in [-0.25, -0.2) is 0 Å². The second-order valence-electron chi connectivity index (χ2n) is 2.28. The Morgan fingerprint density at radius 3 is 2.42 bits per heavy atom. The Hall–Kier alpha value is -1.58. The van der Waals surface area contributed by atoms with E-state index in [1.165, 1.54) is 20.3 Å². The molecule has 0 aliphatic carbocycles. The summed E-state index contributed by atoms with van der Waals surface area (Å²) in [5.41, 5.74) is 5.90. The first-order valence-corrected chi connectivity index (χ1v) is 3.39. The Kier molecular flexibility index (Phi) is 2.28. The number of hydrogen-bond acceptors (Lipinski definition) is 4. The van der Waals surface area contributed by atoms with Crippen LogP contribution in [0.3, 0.4) is 0 Å². The standard InChI is InChI=1S/C8H11NO3/c1-11-7-4-5(9)3-6(10)8(7)12-2/h3-4,10H,9H2,1-2H3. The average Bonchev–Trinajstić information content (AvgIpc) is 2.03. The molecule has 3 N–H and O–H groups in total. The van der Waals surface area contributed by atoms with Crippen LogP contribution in [0.1, 0.15) is 0 Å². The van der Waals surface area contributed by atoms with Crippen LogP contribution in [-0.4, -0.2) is 19.3 Å². The van der Waals surface area contributed by atoms with E-state index in [1.807, 2.05) is 0 Å². The number of nitrogen functional groups attached to an aromatic ring is 1. The maximum Gasteiger partial charge on any atom is 0.203 e. The van der Waals surface area contributed by atoms with Crippen molar-refractivity contribution < 1.29 is 14.6 Å². The lowest BCUT2D eigenvalue weighted by molar-refractivity contribution is 0.333. The van der Waals surface area contributed by atoms with Gasteiger partial charge >= 0.3 is 0 Å². The highest BCUT2D eigenvalue weighted by atomic mass is 16.5. The summed E-state index contributed by atoms with van der Waals surface area (Å²) in [7, 11) is 2.94. The minimum Gasteiger partial charge on any atom is -0.504 e. The number of rotatable bonds is 2. The van der Waals surface area contributed by atoms with Crippen LogP contribution in [0.2, 0.25) is 0 Å². The molecule has 1 aromatic rings. The number of anilines is 1. The second kappa shape index (κ2) is 3.21. The Bertz CT molecular complexity index is 286. The van der Waals surface area contributed by atoms with Gasteiger partial charge in [0.05, 0.1) is 14.2 Å². The van der Waals surface area contributed by atoms with Crippen molar-refractivity contribution in [1.82, 2.24) is 0 Å². The fourth-order valence-electron chi connectivity index (χ4n) is 0.965. The maximum atomic E-state index is 9.32. The molecule has 0 aliphatic heterocycles. The van der Waals surface area contributed by atoms with Gasteiger partial charge in [-0.3, -0.25) is 0 Å². The number of aromatic hydroxyl groups is 1. The molecule has 66 valence electrons. The smallest absolute Gasteiger partial charge is 0.203 e. The zero-order valence-corrected chi connectivity index (χ0v) is 7.00. The first-order valence-electron chi connectivity index (χ1n) is 3.39. The number of phenols is 1. The largest absolute Gasteiger partial charge is 0.504 e. The molecule has 0 amide bonds. The third-order valence-electron chi connectivity index (χ3n) is 1.48. The summed E-state index contributed by atoms with van der Waals surface area (Å²) in [6.45, 7) is 0. The molecule has 0 fully saturated rings. The molecule has 0 unspecified atom stereocenters. The molecular weight excluding hydrogens is 158 g/mol. The van der Waals surface area contributed by atoms with Gasteiger partial charge in [-0.05, 0) is 0 Å². The van der Waals surface area contributed by atoms with Crippen molar-refractivity contribution in [2.75, 3.05) is 20.0 Å². The topological polar surface area (TPSA) is 64.7 Å². The first-order chi connectivity index (χ1) is 5.69. The number of hydrogen-bond donors (Lipinski definition) is 2. The van der Waals surface area contributed by atoms with E-state index in [0.29, 0.717) is 17.2 Å². The molecule has 0 spiro atoms. The van der Waals surface area contributed by atoms with E-state index in [4.69, 9.17) is 15.2 Å². The lowest BCUT2D eigenvalue weighted by Crippen LogP contribution is -1.93. The predicted octanol–water partition coefficient (Wildman–Crippen LogP) is 0.992. The SMILES string of the molecule is COc1cc(N)cc(O)c1OC. The van der Waals surface area contributed by atoms with Gasteiger partial charge in [0.2, 0.25) is 5.75 Å². The van der Waals surface area contributed by atoms with Crippen LogP contribution < -0.4 is 15.2 Å². The van der Waals surface area contributed by atoms with Gasteiger partial charge in [-0.15, -0.1) is 0 Å². The molecule has 0 aliphatic rings. The molecule has 1 aromatic carbocycles. The minimum absolute atomic E-state index is 0.0191. The monoisotopic (exact) mass is 169 g/mol. The second-order valence-corrected chi connectivity index (χ2v) is 2.28. The van der Waals surface area contributed by atoms with E-state index in [1.54, 1.807) is 6.07 Å². The molecule has 0 heterocycles. The predicted molar refractivity (Wildman–Crippen MR) is 45.6 cm³/mol. The van der Waals surface area contributed by atoms with Crippen molar-refractivity contribution in [1.29, 1.82) is 0 Å². The van der Waals surface area contributed by atoms with Crippen molar-refractivity contribution >= 4 is 5.69 Å². The first kappa shape index (κ1) is 8.52. The maximum absolute atomic E-state index is 9.32. The molecule has 4 heteroatoms. The van der Waals surface area contributed by atoms with Gasteiger partial charge < -0.3 is 20.3 Å². The van der Waals surface area contributed by atoms with E-state index < -0.39 is 0 Å². The fourth-order valence-corrected chi connectivity index (χ4v) is 0.965. The summed E-state index contributed by atoms with van der Waals surface area (Å²) < 4.78 is 9.82. The Morgan fingerprint density at radius 2 is 1.92 bits per heavy atom.